The third-order valence-electron chi connectivity index (χ3n) is 2.18. The van der Waals surface area contributed by atoms with Crippen LogP contribution in [0, 0.1) is 5.92 Å². The van der Waals surface area contributed by atoms with E-state index in [1.54, 1.807) is 12.1 Å². The summed E-state index contributed by atoms with van der Waals surface area (Å²) in [6, 6.07) is 5.07. The number of sulfonamides is 1. The molecule has 0 bridgehead atoms. The van der Waals surface area contributed by atoms with Gasteiger partial charge in [0.25, 0.3) is 0 Å². The van der Waals surface area contributed by atoms with Crippen LogP contribution >= 0.6 is 0 Å². The zero-order chi connectivity index (χ0) is 12.3. The fourth-order valence-corrected chi connectivity index (χ4v) is 2.29. The molecule has 0 aromatic heterocycles. The van der Waals surface area contributed by atoms with Gasteiger partial charge in [-0.25, -0.2) is 13.6 Å². The molecule has 0 unspecified atom stereocenters. The van der Waals surface area contributed by atoms with Crippen molar-refractivity contribution in [2.75, 3.05) is 7.11 Å². The van der Waals surface area contributed by atoms with E-state index in [0.717, 1.165) is 12.0 Å². The highest BCUT2D eigenvalue weighted by molar-refractivity contribution is 7.89. The van der Waals surface area contributed by atoms with Crippen LogP contribution in [0.4, 0.5) is 0 Å². The predicted molar refractivity (Wildman–Crippen MR) is 62.9 cm³/mol. The lowest BCUT2D eigenvalue weighted by Crippen LogP contribution is -2.14. The minimum Gasteiger partial charge on any atom is -0.495 e. The fraction of sp³-hybridized carbons (Fsp3) is 0.455. The first-order valence-electron chi connectivity index (χ1n) is 5.04. The minimum atomic E-state index is -3.73. The third-order valence-corrected chi connectivity index (χ3v) is 3.11. The van der Waals surface area contributed by atoms with Gasteiger partial charge in [0.15, 0.2) is 0 Å². The molecule has 0 saturated heterocycles. The van der Waals surface area contributed by atoms with Crippen LogP contribution < -0.4 is 9.88 Å². The molecule has 0 atom stereocenters. The zero-order valence-corrected chi connectivity index (χ0v) is 10.5. The van der Waals surface area contributed by atoms with Gasteiger partial charge < -0.3 is 4.74 Å². The van der Waals surface area contributed by atoms with E-state index in [2.05, 4.69) is 13.8 Å². The summed E-state index contributed by atoms with van der Waals surface area (Å²) >= 11 is 0. The van der Waals surface area contributed by atoms with Crippen LogP contribution in [-0.2, 0) is 16.4 Å². The molecule has 5 heteroatoms. The number of hydrogen-bond donors (Lipinski definition) is 1. The van der Waals surface area contributed by atoms with Crippen molar-refractivity contribution in [1.82, 2.24) is 0 Å². The summed E-state index contributed by atoms with van der Waals surface area (Å²) in [6.07, 6.45) is 0.812. The lowest BCUT2D eigenvalue weighted by molar-refractivity contribution is 0.402. The van der Waals surface area contributed by atoms with Crippen LogP contribution in [-0.4, -0.2) is 15.5 Å². The van der Waals surface area contributed by atoms with E-state index < -0.39 is 10.0 Å². The average molecular weight is 243 g/mol. The van der Waals surface area contributed by atoms with Gasteiger partial charge in [-0.05, 0) is 30.0 Å². The maximum Gasteiger partial charge on any atom is 0.241 e. The summed E-state index contributed by atoms with van der Waals surface area (Å²) in [4.78, 5) is 0.0492. The molecule has 0 aliphatic rings. The Morgan fingerprint density at radius 2 is 2.00 bits per heavy atom. The average Bonchev–Trinajstić information content (AvgIpc) is 2.15. The standard InChI is InChI=1S/C11H17NO3S/c1-8(2)6-9-4-5-10(15-3)11(7-9)16(12,13)14/h4-5,7-8H,6H2,1-3H3,(H2,12,13,14). The largest absolute Gasteiger partial charge is 0.495 e. The van der Waals surface area contributed by atoms with Crippen molar-refractivity contribution in [3.05, 3.63) is 23.8 Å². The Morgan fingerprint density at radius 1 is 1.38 bits per heavy atom. The Labute approximate surface area is 96.5 Å². The topological polar surface area (TPSA) is 69.4 Å². The molecule has 0 saturated carbocycles. The summed E-state index contributed by atoms with van der Waals surface area (Å²) < 4.78 is 27.7. The molecule has 0 aliphatic heterocycles. The smallest absolute Gasteiger partial charge is 0.241 e. The Hall–Kier alpha value is -1.07. The maximum atomic E-state index is 11.3. The van der Waals surface area contributed by atoms with E-state index in [1.807, 2.05) is 6.07 Å². The zero-order valence-electron chi connectivity index (χ0n) is 9.73. The van der Waals surface area contributed by atoms with Crippen molar-refractivity contribution in [3.8, 4) is 5.75 Å². The summed E-state index contributed by atoms with van der Waals surface area (Å²) in [6.45, 7) is 4.14. The Kier molecular flexibility index (Phi) is 3.93. The highest BCUT2D eigenvalue weighted by atomic mass is 32.2. The van der Waals surface area contributed by atoms with Crippen molar-refractivity contribution in [2.45, 2.75) is 25.2 Å². The second-order valence-electron chi connectivity index (χ2n) is 4.13. The summed E-state index contributed by atoms with van der Waals surface area (Å²) in [5.41, 5.74) is 0.944. The second-order valence-corrected chi connectivity index (χ2v) is 5.66. The summed E-state index contributed by atoms with van der Waals surface area (Å²) in [7, 11) is -2.31. The number of rotatable bonds is 4. The quantitative estimate of drug-likeness (QED) is 0.872. The lowest BCUT2D eigenvalue weighted by Gasteiger charge is -2.10. The van der Waals surface area contributed by atoms with Crippen molar-refractivity contribution >= 4 is 10.0 Å². The van der Waals surface area contributed by atoms with Crippen LogP contribution in [0.25, 0.3) is 0 Å². The Balaban J connectivity index is 3.22. The van der Waals surface area contributed by atoms with Crippen LogP contribution in [0.2, 0.25) is 0 Å². The van der Waals surface area contributed by atoms with E-state index in [0.29, 0.717) is 5.92 Å². The molecule has 4 nitrogen and oxygen atoms in total. The van der Waals surface area contributed by atoms with Crippen molar-refractivity contribution in [3.63, 3.8) is 0 Å². The summed E-state index contributed by atoms with van der Waals surface area (Å²) in [5.74, 6) is 0.747. The van der Waals surface area contributed by atoms with Gasteiger partial charge in [-0.2, -0.15) is 0 Å². The third kappa shape index (κ3) is 3.21. The number of primary sulfonamides is 1. The number of hydrogen-bond acceptors (Lipinski definition) is 3. The van der Waals surface area contributed by atoms with E-state index >= 15 is 0 Å². The fourth-order valence-electron chi connectivity index (χ4n) is 1.54. The monoisotopic (exact) mass is 243 g/mol. The first kappa shape index (κ1) is 13.0. The first-order valence-corrected chi connectivity index (χ1v) is 6.59. The van der Waals surface area contributed by atoms with Gasteiger partial charge in [-0.3, -0.25) is 0 Å². The Morgan fingerprint density at radius 3 is 2.44 bits per heavy atom. The molecule has 0 radical (unpaired) electrons. The van der Waals surface area contributed by atoms with Crippen LogP contribution in [0.3, 0.4) is 0 Å². The van der Waals surface area contributed by atoms with E-state index in [9.17, 15) is 8.42 Å². The van der Waals surface area contributed by atoms with Gasteiger partial charge in [0, 0.05) is 0 Å². The molecule has 2 N–H and O–H groups in total. The van der Waals surface area contributed by atoms with Gasteiger partial charge in [-0.1, -0.05) is 19.9 Å². The predicted octanol–water partition coefficient (Wildman–Crippen LogP) is 1.54. The lowest BCUT2D eigenvalue weighted by atomic mass is 10.0. The minimum absolute atomic E-state index is 0.0492. The van der Waals surface area contributed by atoms with Crippen LogP contribution in [0.5, 0.6) is 5.75 Å². The molecule has 1 aromatic carbocycles. The van der Waals surface area contributed by atoms with Crippen LogP contribution in [0.15, 0.2) is 23.1 Å². The highest BCUT2D eigenvalue weighted by Gasteiger charge is 2.15. The van der Waals surface area contributed by atoms with Crippen LogP contribution in [0.1, 0.15) is 19.4 Å². The molecule has 1 rings (SSSR count). The van der Waals surface area contributed by atoms with Gasteiger partial charge in [0.05, 0.1) is 7.11 Å². The van der Waals surface area contributed by atoms with Gasteiger partial charge >= 0.3 is 0 Å². The molecule has 0 aliphatic carbocycles. The van der Waals surface area contributed by atoms with Gasteiger partial charge in [0.1, 0.15) is 10.6 Å². The molecule has 0 fully saturated rings. The SMILES string of the molecule is COc1ccc(CC(C)C)cc1S(N)(=O)=O. The molecule has 0 heterocycles. The number of methoxy groups -OCH3 is 1. The molecule has 90 valence electrons. The van der Waals surface area contributed by atoms with E-state index in [4.69, 9.17) is 9.88 Å². The molecular weight excluding hydrogens is 226 g/mol. The highest BCUT2D eigenvalue weighted by Crippen LogP contribution is 2.24. The molecule has 1 aromatic rings. The number of nitrogens with two attached hydrogens (primary N) is 1. The molecule has 16 heavy (non-hydrogen) atoms. The van der Waals surface area contributed by atoms with E-state index in [1.165, 1.54) is 7.11 Å². The van der Waals surface area contributed by atoms with Crippen molar-refractivity contribution in [2.24, 2.45) is 11.1 Å². The maximum absolute atomic E-state index is 11.3. The van der Waals surface area contributed by atoms with Crippen molar-refractivity contribution in [1.29, 1.82) is 0 Å². The first-order chi connectivity index (χ1) is 7.34. The van der Waals surface area contributed by atoms with Crippen molar-refractivity contribution < 1.29 is 13.2 Å². The summed E-state index contributed by atoms with van der Waals surface area (Å²) in [5, 5.41) is 5.13. The van der Waals surface area contributed by atoms with Gasteiger partial charge in [-0.15, -0.1) is 0 Å². The normalized spacial score (nSPS) is 11.8. The van der Waals surface area contributed by atoms with Gasteiger partial charge in [0.2, 0.25) is 10.0 Å². The van der Waals surface area contributed by atoms with E-state index in [-0.39, 0.29) is 10.6 Å². The molecular formula is C11H17NO3S. The second kappa shape index (κ2) is 4.84. The Bertz CT molecular complexity index is 466. The number of benzene rings is 1. The molecule has 0 amide bonds. The number of ether oxygens (including phenoxy) is 1. The molecule has 0 spiro atoms.